The van der Waals surface area contributed by atoms with E-state index in [4.69, 9.17) is 0 Å². The van der Waals surface area contributed by atoms with Crippen LogP contribution in [0.15, 0.2) is 0 Å². The Morgan fingerprint density at radius 2 is 1.33 bits per heavy atom. The van der Waals surface area contributed by atoms with Crippen molar-refractivity contribution in [2.24, 2.45) is 0 Å². The van der Waals surface area contributed by atoms with Gasteiger partial charge in [-0.15, -0.1) is 0 Å². The van der Waals surface area contributed by atoms with Crippen LogP contribution in [0.2, 0.25) is 0 Å². The van der Waals surface area contributed by atoms with Crippen LogP contribution >= 0.6 is 0 Å². The van der Waals surface area contributed by atoms with E-state index in [-0.39, 0.29) is 5.97 Å². The Hall–Kier alpha value is -1.41. The number of esters is 1. The summed E-state index contributed by atoms with van der Waals surface area (Å²) in [5.41, 5.74) is 0. The zero-order valence-electron chi connectivity index (χ0n) is 13.8. The van der Waals surface area contributed by atoms with Crippen molar-refractivity contribution in [3.63, 3.8) is 0 Å². The van der Waals surface area contributed by atoms with Crippen molar-refractivity contribution in [3.8, 4) is 23.7 Å². The number of methoxy groups -OCH3 is 1. The molecule has 0 rings (SSSR count). The minimum absolute atomic E-state index is 0.103. The Morgan fingerprint density at radius 1 is 0.810 bits per heavy atom. The molecule has 0 saturated carbocycles. The lowest BCUT2D eigenvalue weighted by Crippen LogP contribution is -1.99. The second kappa shape index (κ2) is 16.6. The van der Waals surface area contributed by atoms with Crippen molar-refractivity contribution in [1.29, 1.82) is 0 Å². The molecule has 2 nitrogen and oxygen atoms in total. The Bertz CT molecular complexity index is 362. The molecule has 0 aromatic heterocycles. The molecule has 0 heterocycles. The van der Waals surface area contributed by atoms with E-state index in [1.807, 2.05) is 0 Å². The molecule has 0 unspecified atom stereocenters. The van der Waals surface area contributed by atoms with E-state index in [0.717, 1.165) is 32.1 Å². The topological polar surface area (TPSA) is 26.3 Å². The van der Waals surface area contributed by atoms with Gasteiger partial charge < -0.3 is 4.74 Å². The van der Waals surface area contributed by atoms with Crippen molar-refractivity contribution in [1.82, 2.24) is 0 Å². The molecular weight excluding hydrogens is 260 g/mol. The normalized spacial score (nSPS) is 9.24. The largest absolute Gasteiger partial charge is 0.469 e. The highest BCUT2D eigenvalue weighted by Gasteiger charge is 1.98. The van der Waals surface area contributed by atoms with Crippen LogP contribution in [-0.4, -0.2) is 13.1 Å². The Balaban J connectivity index is 3.30. The predicted molar refractivity (Wildman–Crippen MR) is 88.6 cm³/mol. The Morgan fingerprint density at radius 3 is 1.90 bits per heavy atom. The van der Waals surface area contributed by atoms with E-state index in [0.29, 0.717) is 6.42 Å². The lowest BCUT2D eigenvalue weighted by molar-refractivity contribution is -0.140. The number of ether oxygens (including phenoxy) is 1. The maximum atomic E-state index is 10.9. The molecule has 0 N–H and O–H groups in total. The first-order valence-corrected chi connectivity index (χ1v) is 8.33. The Kier molecular flexibility index (Phi) is 15.5. The van der Waals surface area contributed by atoms with Crippen molar-refractivity contribution in [3.05, 3.63) is 0 Å². The number of hydrogen-bond acceptors (Lipinski definition) is 2. The van der Waals surface area contributed by atoms with Gasteiger partial charge in [-0.3, -0.25) is 4.79 Å². The molecule has 118 valence electrons. The van der Waals surface area contributed by atoms with Gasteiger partial charge in [0, 0.05) is 19.3 Å². The zero-order valence-corrected chi connectivity index (χ0v) is 13.8. The standard InChI is InChI=1S/C19H30O2/c1-3-4-5-6-7-8-9-10-11-12-13-14-15-16-17-18-19(20)21-2/h3-7,12-18H2,1-2H3. The molecule has 2 heteroatoms. The summed E-state index contributed by atoms with van der Waals surface area (Å²) in [6.07, 6.45) is 13.0. The van der Waals surface area contributed by atoms with Crippen LogP contribution in [0.1, 0.15) is 84.0 Å². The highest BCUT2D eigenvalue weighted by molar-refractivity contribution is 5.68. The van der Waals surface area contributed by atoms with Crippen molar-refractivity contribution in [2.45, 2.75) is 84.0 Å². The second-order valence-corrected chi connectivity index (χ2v) is 5.26. The van der Waals surface area contributed by atoms with Gasteiger partial charge in [0.15, 0.2) is 0 Å². The van der Waals surface area contributed by atoms with E-state index < -0.39 is 0 Å². The maximum absolute atomic E-state index is 10.9. The number of hydrogen-bond donors (Lipinski definition) is 0. The fourth-order valence-electron chi connectivity index (χ4n) is 1.97. The predicted octanol–water partition coefficient (Wildman–Crippen LogP) is 4.87. The first-order chi connectivity index (χ1) is 10.3. The molecule has 0 aliphatic rings. The van der Waals surface area contributed by atoms with E-state index in [1.54, 1.807) is 0 Å². The fourth-order valence-corrected chi connectivity index (χ4v) is 1.97. The third-order valence-corrected chi connectivity index (χ3v) is 3.30. The van der Waals surface area contributed by atoms with Gasteiger partial charge in [0.1, 0.15) is 0 Å². The molecule has 21 heavy (non-hydrogen) atoms. The molecular formula is C19H30O2. The third kappa shape index (κ3) is 16.5. The van der Waals surface area contributed by atoms with Gasteiger partial charge in [0.2, 0.25) is 0 Å². The second-order valence-electron chi connectivity index (χ2n) is 5.26. The molecule has 0 saturated heterocycles. The summed E-state index contributed by atoms with van der Waals surface area (Å²) in [5.74, 6) is 12.0. The molecule has 0 amide bonds. The third-order valence-electron chi connectivity index (χ3n) is 3.30. The average Bonchev–Trinajstić information content (AvgIpc) is 2.50. The summed E-state index contributed by atoms with van der Waals surface area (Å²) in [6.45, 7) is 2.22. The van der Waals surface area contributed by atoms with Gasteiger partial charge in [-0.2, -0.15) is 0 Å². The minimum Gasteiger partial charge on any atom is -0.469 e. The van der Waals surface area contributed by atoms with Crippen molar-refractivity contribution >= 4 is 5.97 Å². The van der Waals surface area contributed by atoms with Crippen molar-refractivity contribution < 1.29 is 9.53 Å². The molecule has 0 atom stereocenters. The highest BCUT2D eigenvalue weighted by Crippen LogP contribution is 2.07. The number of carbonyl (C=O) groups excluding carboxylic acids is 1. The van der Waals surface area contributed by atoms with Crippen LogP contribution < -0.4 is 0 Å². The summed E-state index contributed by atoms with van der Waals surface area (Å²) >= 11 is 0. The molecule has 0 radical (unpaired) electrons. The smallest absolute Gasteiger partial charge is 0.305 e. The SMILES string of the molecule is CCCCCCC#CC#CCCCCCCCC(=O)OC. The zero-order chi connectivity index (χ0) is 15.6. The van der Waals surface area contributed by atoms with Gasteiger partial charge in [0.05, 0.1) is 7.11 Å². The lowest BCUT2D eigenvalue weighted by atomic mass is 10.1. The quantitative estimate of drug-likeness (QED) is 0.308. The van der Waals surface area contributed by atoms with Crippen LogP contribution in [0.25, 0.3) is 0 Å². The van der Waals surface area contributed by atoms with Gasteiger partial charge in [-0.1, -0.05) is 57.3 Å². The van der Waals surface area contributed by atoms with Gasteiger partial charge in [-0.25, -0.2) is 0 Å². The van der Waals surface area contributed by atoms with E-state index in [2.05, 4.69) is 35.3 Å². The molecule has 0 aromatic carbocycles. The van der Waals surface area contributed by atoms with Crippen LogP contribution in [-0.2, 0) is 9.53 Å². The summed E-state index contributed by atoms with van der Waals surface area (Å²) in [5, 5.41) is 0. The van der Waals surface area contributed by atoms with Crippen LogP contribution in [0, 0.1) is 23.7 Å². The molecule has 0 aromatic rings. The highest BCUT2D eigenvalue weighted by atomic mass is 16.5. The molecule has 0 bridgehead atoms. The maximum Gasteiger partial charge on any atom is 0.305 e. The summed E-state index contributed by atoms with van der Waals surface area (Å²) in [7, 11) is 1.44. The summed E-state index contributed by atoms with van der Waals surface area (Å²) in [4.78, 5) is 10.9. The first-order valence-electron chi connectivity index (χ1n) is 8.33. The fraction of sp³-hybridized carbons (Fsp3) is 0.737. The van der Waals surface area contributed by atoms with E-state index in [1.165, 1.54) is 45.6 Å². The van der Waals surface area contributed by atoms with Gasteiger partial charge in [-0.05, 0) is 31.1 Å². The monoisotopic (exact) mass is 290 g/mol. The van der Waals surface area contributed by atoms with Crippen LogP contribution in [0.3, 0.4) is 0 Å². The first kappa shape index (κ1) is 19.6. The van der Waals surface area contributed by atoms with Gasteiger partial charge >= 0.3 is 5.97 Å². The van der Waals surface area contributed by atoms with Gasteiger partial charge in [0.25, 0.3) is 0 Å². The lowest BCUT2D eigenvalue weighted by Gasteiger charge is -1.99. The molecule has 0 fully saturated rings. The summed E-state index contributed by atoms with van der Waals surface area (Å²) in [6, 6.07) is 0. The Labute approximate surface area is 131 Å². The summed E-state index contributed by atoms with van der Waals surface area (Å²) < 4.78 is 4.60. The molecule has 0 aliphatic carbocycles. The number of carbonyl (C=O) groups is 1. The number of unbranched alkanes of at least 4 members (excludes halogenated alkanes) is 9. The van der Waals surface area contributed by atoms with Crippen molar-refractivity contribution in [2.75, 3.05) is 7.11 Å². The number of rotatable bonds is 11. The van der Waals surface area contributed by atoms with E-state index in [9.17, 15) is 4.79 Å². The van der Waals surface area contributed by atoms with E-state index >= 15 is 0 Å². The van der Waals surface area contributed by atoms with Crippen LogP contribution in [0.5, 0.6) is 0 Å². The molecule has 0 spiro atoms. The van der Waals surface area contributed by atoms with Crippen LogP contribution in [0.4, 0.5) is 0 Å². The molecule has 0 aliphatic heterocycles. The average molecular weight is 290 g/mol. The minimum atomic E-state index is -0.103.